The predicted octanol–water partition coefficient (Wildman–Crippen LogP) is 3.47. The third kappa shape index (κ3) is 9.72. The molecule has 1 aromatic carbocycles. The van der Waals surface area contributed by atoms with E-state index >= 15 is 0 Å². The fraction of sp³-hybridized carbons (Fsp3) is 0.652. The van der Waals surface area contributed by atoms with Gasteiger partial charge in [0.1, 0.15) is 5.82 Å². The second-order valence-corrected chi connectivity index (χ2v) is 7.77. The zero-order valence-electron chi connectivity index (χ0n) is 19.2. The summed E-state index contributed by atoms with van der Waals surface area (Å²) in [4.78, 5) is 21.0. The lowest BCUT2D eigenvalue weighted by Gasteiger charge is -2.31. The molecule has 1 aliphatic rings. The molecule has 31 heavy (non-hydrogen) atoms. The molecule has 0 aromatic heterocycles. The second kappa shape index (κ2) is 15.4. The van der Waals surface area contributed by atoms with Crippen molar-refractivity contribution in [2.45, 2.75) is 46.6 Å². The lowest BCUT2D eigenvalue weighted by molar-refractivity contribution is -0.130. The van der Waals surface area contributed by atoms with Gasteiger partial charge in [0.2, 0.25) is 5.91 Å². The maximum Gasteiger partial charge on any atom is 0.224 e. The molecule has 1 fully saturated rings. The van der Waals surface area contributed by atoms with Crippen LogP contribution in [0.3, 0.4) is 0 Å². The van der Waals surface area contributed by atoms with Gasteiger partial charge in [-0.3, -0.25) is 14.7 Å². The molecule has 0 radical (unpaired) electrons. The van der Waals surface area contributed by atoms with E-state index in [-0.39, 0.29) is 35.7 Å². The van der Waals surface area contributed by atoms with Crippen molar-refractivity contribution < 1.29 is 9.18 Å². The van der Waals surface area contributed by atoms with E-state index in [4.69, 9.17) is 4.99 Å². The van der Waals surface area contributed by atoms with Gasteiger partial charge in [-0.2, -0.15) is 0 Å². The summed E-state index contributed by atoms with van der Waals surface area (Å²) < 4.78 is 13.9. The Morgan fingerprint density at radius 2 is 1.84 bits per heavy atom. The van der Waals surface area contributed by atoms with Crippen LogP contribution in [-0.4, -0.2) is 67.5 Å². The Balaban J connectivity index is 0.00000480. The summed E-state index contributed by atoms with van der Waals surface area (Å²) >= 11 is 0. The molecule has 0 saturated carbocycles. The predicted molar refractivity (Wildman–Crippen MR) is 136 cm³/mol. The minimum absolute atomic E-state index is 0. The van der Waals surface area contributed by atoms with Gasteiger partial charge in [-0.25, -0.2) is 4.39 Å². The van der Waals surface area contributed by atoms with Crippen molar-refractivity contribution in [2.24, 2.45) is 10.9 Å². The average molecular weight is 548 g/mol. The molecule has 1 heterocycles. The van der Waals surface area contributed by atoms with Gasteiger partial charge in [-0.15, -0.1) is 24.0 Å². The molecule has 1 amide bonds. The Morgan fingerprint density at radius 1 is 1.16 bits per heavy atom. The largest absolute Gasteiger partial charge is 0.357 e. The molecule has 1 aromatic rings. The summed E-state index contributed by atoms with van der Waals surface area (Å²) in [5.74, 6) is 1.36. The van der Waals surface area contributed by atoms with Crippen LogP contribution in [0.4, 0.5) is 4.39 Å². The lowest BCUT2D eigenvalue weighted by atomic mass is 9.96. The summed E-state index contributed by atoms with van der Waals surface area (Å²) in [6.07, 6.45) is 2.61. The molecule has 2 N–H and O–H groups in total. The first-order valence-electron chi connectivity index (χ1n) is 11.3. The first kappa shape index (κ1) is 27.6. The van der Waals surface area contributed by atoms with E-state index in [2.05, 4.69) is 15.5 Å². The summed E-state index contributed by atoms with van der Waals surface area (Å²) in [5.41, 5.74) is 0.770. The van der Waals surface area contributed by atoms with E-state index in [1.54, 1.807) is 6.07 Å². The van der Waals surface area contributed by atoms with E-state index in [1.807, 2.05) is 37.8 Å². The third-order valence-electron chi connectivity index (χ3n) is 5.66. The maximum atomic E-state index is 13.9. The zero-order chi connectivity index (χ0) is 21.8. The van der Waals surface area contributed by atoms with E-state index in [9.17, 15) is 9.18 Å². The number of hydrogen-bond donors (Lipinski definition) is 2. The van der Waals surface area contributed by atoms with Gasteiger partial charge in [0.15, 0.2) is 5.96 Å². The van der Waals surface area contributed by atoms with Crippen LogP contribution in [0.25, 0.3) is 0 Å². The normalized spacial score (nSPS) is 15.3. The van der Waals surface area contributed by atoms with Crippen molar-refractivity contribution in [1.82, 2.24) is 20.4 Å². The van der Waals surface area contributed by atoms with E-state index in [1.165, 1.54) is 6.07 Å². The number of nitrogens with one attached hydrogen (secondary N) is 2. The lowest BCUT2D eigenvalue weighted by Crippen LogP contribution is -2.40. The zero-order valence-corrected chi connectivity index (χ0v) is 21.5. The van der Waals surface area contributed by atoms with Crippen molar-refractivity contribution in [3.63, 3.8) is 0 Å². The van der Waals surface area contributed by atoms with Gasteiger partial charge in [-0.1, -0.05) is 18.2 Å². The molecule has 0 bridgehead atoms. The number of guanidine groups is 1. The summed E-state index contributed by atoms with van der Waals surface area (Å²) in [5, 5.41) is 6.54. The summed E-state index contributed by atoms with van der Waals surface area (Å²) in [7, 11) is 0. The van der Waals surface area contributed by atoms with Gasteiger partial charge in [0, 0.05) is 51.3 Å². The average Bonchev–Trinajstić information content (AvgIpc) is 2.75. The van der Waals surface area contributed by atoms with Crippen LogP contribution in [0.5, 0.6) is 0 Å². The molecule has 6 nitrogen and oxygen atoms in total. The fourth-order valence-electron chi connectivity index (χ4n) is 3.78. The Morgan fingerprint density at radius 3 is 2.45 bits per heavy atom. The molecule has 8 heteroatoms. The van der Waals surface area contributed by atoms with E-state index in [0.29, 0.717) is 25.4 Å². The number of hydrogen-bond acceptors (Lipinski definition) is 3. The quantitative estimate of drug-likeness (QED) is 0.268. The molecule has 1 aliphatic heterocycles. The van der Waals surface area contributed by atoms with Gasteiger partial charge in [0.05, 0.1) is 0 Å². The number of carbonyl (C=O) groups is 1. The number of rotatable bonds is 10. The standard InChI is InChI=1S/C23H38FN5O.HI/c1-4-25-23(26-14-11-22(30)29(5-2)6-3)27-17-19-12-15-28(16-13-19)18-20-9-7-8-10-21(20)24;/h7-10,19H,4-6,11-18H2,1-3H3,(H2,25,26,27);1H. The molecule has 0 aliphatic carbocycles. The highest BCUT2D eigenvalue weighted by Gasteiger charge is 2.20. The van der Waals surface area contributed by atoms with E-state index < -0.39 is 0 Å². The highest BCUT2D eigenvalue weighted by Crippen LogP contribution is 2.20. The van der Waals surface area contributed by atoms with Crippen molar-refractivity contribution >= 4 is 35.8 Å². The van der Waals surface area contributed by atoms with Crippen LogP contribution < -0.4 is 10.6 Å². The number of halogens is 2. The maximum absolute atomic E-state index is 13.9. The minimum atomic E-state index is -0.120. The second-order valence-electron chi connectivity index (χ2n) is 7.77. The molecule has 1 saturated heterocycles. The first-order valence-corrected chi connectivity index (χ1v) is 11.3. The number of piperidine rings is 1. The molecule has 2 rings (SSSR count). The van der Waals surface area contributed by atoms with Crippen LogP contribution in [0.15, 0.2) is 29.3 Å². The topological polar surface area (TPSA) is 60.0 Å². The van der Waals surface area contributed by atoms with Crippen LogP contribution >= 0.6 is 24.0 Å². The first-order chi connectivity index (χ1) is 14.6. The van der Waals surface area contributed by atoms with Crippen LogP contribution in [-0.2, 0) is 11.3 Å². The van der Waals surface area contributed by atoms with Gasteiger partial charge in [0.25, 0.3) is 0 Å². The smallest absolute Gasteiger partial charge is 0.224 e. The number of amides is 1. The molecule has 0 atom stereocenters. The molecule has 0 spiro atoms. The summed E-state index contributed by atoms with van der Waals surface area (Å²) in [6.45, 7) is 12.3. The highest BCUT2D eigenvalue weighted by atomic mass is 127. The van der Waals surface area contributed by atoms with Crippen LogP contribution in [0.1, 0.15) is 45.6 Å². The fourth-order valence-corrected chi connectivity index (χ4v) is 3.78. The number of benzene rings is 1. The van der Waals surface area contributed by atoms with E-state index in [0.717, 1.165) is 63.6 Å². The molecular weight excluding hydrogens is 508 g/mol. The van der Waals surface area contributed by atoms with Crippen LogP contribution in [0, 0.1) is 11.7 Å². The van der Waals surface area contributed by atoms with Crippen molar-refractivity contribution in [1.29, 1.82) is 0 Å². The Hall–Kier alpha value is -1.42. The number of likely N-dealkylation sites (tertiary alicyclic amines) is 1. The Bertz CT molecular complexity index is 676. The molecular formula is C23H39FIN5O. The van der Waals surface area contributed by atoms with Crippen molar-refractivity contribution in [3.8, 4) is 0 Å². The van der Waals surface area contributed by atoms with Crippen molar-refractivity contribution in [3.05, 3.63) is 35.6 Å². The van der Waals surface area contributed by atoms with Gasteiger partial charge in [-0.05, 0) is 58.7 Å². The van der Waals surface area contributed by atoms with Gasteiger partial charge >= 0.3 is 0 Å². The monoisotopic (exact) mass is 547 g/mol. The van der Waals surface area contributed by atoms with Crippen LogP contribution in [0.2, 0.25) is 0 Å². The molecule has 176 valence electrons. The number of nitrogens with zero attached hydrogens (tertiary/aromatic N) is 3. The van der Waals surface area contributed by atoms with Crippen molar-refractivity contribution in [2.75, 3.05) is 45.8 Å². The minimum Gasteiger partial charge on any atom is -0.357 e. The van der Waals surface area contributed by atoms with Gasteiger partial charge < -0.3 is 15.5 Å². The molecule has 0 unspecified atom stereocenters. The third-order valence-corrected chi connectivity index (χ3v) is 5.66. The summed E-state index contributed by atoms with van der Waals surface area (Å²) in [6, 6.07) is 7.02. The number of aliphatic imine (C=N–C) groups is 1. The highest BCUT2D eigenvalue weighted by molar-refractivity contribution is 14.0. The number of carbonyl (C=O) groups excluding carboxylic acids is 1. The Kier molecular flexibility index (Phi) is 13.7. The Labute approximate surface area is 204 Å². The SMILES string of the molecule is CCNC(=NCC1CCN(Cc2ccccc2F)CC1)NCCC(=O)N(CC)CC.I.